The molecule has 2 rings (SSSR count). The third-order valence-corrected chi connectivity index (χ3v) is 3.63. The van der Waals surface area contributed by atoms with Crippen LogP contribution in [0.25, 0.3) is 0 Å². The summed E-state index contributed by atoms with van der Waals surface area (Å²) in [5.41, 5.74) is 8.66. The van der Waals surface area contributed by atoms with E-state index in [9.17, 15) is 4.79 Å². The minimum absolute atomic E-state index is 0.0119. The molecule has 2 N–H and O–H groups in total. The van der Waals surface area contributed by atoms with E-state index in [0.717, 1.165) is 16.7 Å². The third kappa shape index (κ3) is 2.82. The Morgan fingerprint density at radius 1 is 1.35 bits per heavy atom. The van der Waals surface area contributed by atoms with Crippen LogP contribution in [0.5, 0.6) is 0 Å². The Balaban J connectivity index is 2.31. The Hall–Kier alpha value is -1.88. The first-order valence-electron chi connectivity index (χ1n) is 6.56. The number of hydrogen-bond donors (Lipinski definition) is 1. The van der Waals surface area contributed by atoms with Crippen molar-refractivity contribution < 1.29 is 0 Å². The van der Waals surface area contributed by atoms with Crippen molar-refractivity contribution in [3.05, 3.63) is 57.8 Å². The lowest BCUT2D eigenvalue weighted by Gasteiger charge is -2.09. The van der Waals surface area contributed by atoms with Crippen molar-refractivity contribution in [2.45, 2.75) is 33.4 Å². The Bertz CT molecular complexity index is 697. The van der Waals surface area contributed by atoms with Gasteiger partial charge in [-0.05, 0) is 38.0 Å². The van der Waals surface area contributed by atoms with Gasteiger partial charge in [0.15, 0.2) is 0 Å². The summed E-state index contributed by atoms with van der Waals surface area (Å²) < 4.78 is 3.43. The molecule has 0 saturated heterocycles. The van der Waals surface area contributed by atoms with E-state index in [-0.39, 0.29) is 11.7 Å². The van der Waals surface area contributed by atoms with Crippen molar-refractivity contribution >= 4 is 17.2 Å². The molecule has 0 amide bonds. The molecule has 0 atom stereocenters. The molecule has 5 heteroatoms. The monoisotopic (exact) mass is 289 g/mol. The van der Waals surface area contributed by atoms with Crippen LogP contribution in [0.1, 0.15) is 36.6 Å². The van der Waals surface area contributed by atoms with Crippen LogP contribution in [0.3, 0.4) is 0 Å². The Morgan fingerprint density at radius 3 is 2.55 bits per heavy atom. The van der Waals surface area contributed by atoms with Crippen LogP contribution in [0.4, 0.5) is 0 Å². The van der Waals surface area contributed by atoms with Gasteiger partial charge in [0.2, 0.25) is 0 Å². The number of nitrogens with zero attached hydrogens (tertiary/aromatic N) is 2. The van der Waals surface area contributed by atoms with E-state index in [1.807, 2.05) is 51.4 Å². The first kappa shape index (κ1) is 14.5. The van der Waals surface area contributed by atoms with E-state index in [4.69, 9.17) is 18.0 Å². The molecule has 1 aromatic carbocycles. The van der Waals surface area contributed by atoms with E-state index in [1.54, 1.807) is 9.13 Å². The minimum atomic E-state index is 0.0119. The number of hydrogen-bond acceptors (Lipinski definition) is 2. The second kappa shape index (κ2) is 5.63. The van der Waals surface area contributed by atoms with Crippen LogP contribution < -0.4 is 11.4 Å². The second-order valence-electron chi connectivity index (χ2n) is 5.22. The molecule has 0 aliphatic heterocycles. The molecule has 0 aliphatic rings. The summed E-state index contributed by atoms with van der Waals surface area (Å²) in [4.78, 5) is 12.6. The molecule has 0 aliphatic carbocycles. The molecule has 0 spiro atoms. The smallest absolute Gasteiger partial charge is 0.328 e. The van der Waals surface area contributed by atoms with Crippen molar-refractivity contribution in [3.8, 4) is 0 Å². The molecule has 20 heavy (non-hydrogen) atoms. The predicted molar refractivity (Wildman–Crippen MR) is 85.2 cm³/mol. The molecule has 0 unspecified atom stereocenters. The van der Waals surface area contributed by atoms with Crippen molar-refractivity contribution in [2.24, 2.45) is 5.73 Å². The first-order chi connectivity index (χ1) is 9.40. The molecule has 106 valence electrons. The zero-order valence-corrected chi connectivity index (χ0v) is 12.8. The largest absolute Gasteiger partial charge is 0.389 e. The summed E-state index contributed by atoms with van der Waals surface area (Å²) in [7, 11) is 0. The van der Waals surface area contributed by atoms with Crippen LogP contribution in [0.2, 0.25) is 0 Å². The molecule has 4 nitrogen and oxygen atoms in total. The summed E-state index contributed by atoms with van der Waals surface area (Å²) in [5.74, 6) is 0. The van der Waals surface area contributed by atoms with E-state index >= 15 is 0 Å². The van der Waals surface area contributed by atoms with Crippen LogP contribution in [0, 0.1) is 6.92 Å². The molecule has 0 radical (unpaired) electrons. The Morgan fingerprint density at radius 2 is 2.05 bits per heavy atom. The molecule has 2 aromatic rings. The number of aromatic nitrogens is 2. The SMILES string of the molecule is Cc1cc(C(N)=S)ccc1Cn1ccn(C(C)C)c1=O. The average Bonchev–Trinajstić information content (AvgIpc) is 2.73. The van der Waals surface area contributed by atoms with Gasteiger partial charge < -0.3 is 5.73 Å². The van der Waals surface area contributed by atoms with E-state index < -0.39 is 0 Å². The number of aryl methyl sites for hydroxylation is 1. The highest BCUT2D eigenvalue weighted by atomic mass is 32.1. The summed E-state index contributed by atoms with van der Waals surface area (Å²) in [6.07, 6.45) is 3.65. The molecule has 0 saturated carbocycles. The van der Waals surface area contributed by atoms with Gasteiger partial charge in [-0.1, -0.05) is 24.4 Å². The summed E-state index contributed by atoms with van der Waals surface area (Å²) in [6, 6.07) is 6.00. The molecular weight excluding hydrogens is 270 g/mol. The van der Waals surface area contributed by atoms with Crippen LogP contribution >= 0.6 is 12.2 Å². The zero-order valence-electron chi connectivity index (χ0n) is 12.0. The van der Waals surface area contributed by atoms with Gasteiger partial charge in [0.05, 0.1) is 6.54 Å². The van der Waals surface area contributed by atoms with Gasteiger partial charge in [-0.15, -0.1) is 0 Å². The van der Waals surface area contributed by atoms with Gasteiger partial charge in [0.25, 0.3) is 0 Å². The van der Waals surface area contributed by atoms with Crippen LogP contribution in [0.15, 0.2) is 35.4 Å². The highest BCUT2D eigenvalue weighted by Gasteiger charge is 2.08. The normalized spacial score (nSPS) is 11.0. The highest BCUT2D eigenvalue weighted by Crippen LogP contribution is 2.12. The Kier molecular flexibility index (Phi) is 4.09. The average molecular weight is 289 g/mol. The van der Waals surface area contributed by atoms with Gasteiger partial charge in [-0.2, -0.15) is 0 Å². The number of thiocarbonyl (C=S) groups is 1. The number of benzene rings is 1. The zero-order chi connectivity index (χ0) is 14.9. The molecule has 1 aromatic heterocycles. The third-order valence-electron chi connectivity index (χ3n) is 3.40. The van der Waals surface area contributed by atoms with Crippen LogP contribution in [-0.2, 0) is 6.54 Å². The predicted octanol–water partition coefficient (Wildman–Crippen LogP) is 2.22. The second-order valence-corrected chi connectivity index (χ2v) is 5.65. The maximum absolute atomic E-state index is 12.2. The number of nitrogens with two attached hydrogens (primary N) is 1. The fourth-order valence-electron chi connectivity index (χ4n) is 2.15. The molecule has 0 fully saturated rings. The fourth-order valence-corrected chi connectivity index (χ4v) is 2.28. The van der Waals surface area contributed by atoms with Crippen molar-refractivity contribution in [1.82, 2.24) is 9.13 Å². The van der Waals surface area contributed by atoms with Crippen molar-refractivity contribution in [1.29, 1.82) is 0 Å². The molecule has 1 heterocycles. The Labute approximate surface area is 123 Å². The maximum Gasteiger partial charge on any atom is 0.328 e. The van der Waals surface area contributed by atoms with Gasteiger partial charge in [-0.25, -0.2) is 4.79 Å². The van der Waals surface area contributed by atoms with Gasteiger partial charge >= 0.3 is 5.69 Å². The summed E-state index contributed by atoms with van der Waals surface area (Å²) in [5, 5.41) is 0. The summed E-state index contributed by atoms with van der Waals surface area (Å²) in [6.45, 7) is 6.55. The first-order valence-corrected chi connectivity index (χ1v) is 6.97. The van der Waals surface area contributed by atoms with E-state index in [1.165, 1.54) is 0 Å². The topological polar surface area (TPSA) is 52.9 Å². The van der Waals surface area contributed by atoms with Gasteiger partial charge in [0.1, 0.15) is 4.99 Å². The molecular formula is C15H19N3OS. The van der Waals surface area contributed by atoms with E-state index in [0.29, 0.717) is 11.5 Å². The number of imidazole rings is 1. The molecule has 0 bridgehead atoms. The fraction of sp³-hybridized carbons (Fsp3) is 0.333. The van der Waals surface area contributed by atoms with Crippen molar-refractivity contribution in [3.63, 3.8) is 0 Å². The lowest BCUT2D eigenvalue weighted by molar-refractivity contribution is 0.561. The van der Waals surface area contributed by atoms with Crippen molar-refractivity contribution in [2.75, 3.05) is 0 Å². The highest BCUT2D eigenvalue weighted by molar-refractivity contribution is 7.80. The van der Waals surface area contributed by atoms with Crippen LogP contribution in [-0.4, -0.2) is 14.1 Å². The number of rotatable bonds is 4. The van der Waals surface area contributed by atoms with E-state index in [2.05, 4.69) is 0 Å². The van der Waals surface area contributed by atoms with Gasteiger partial charge in [-0.3, -0.25) is 9.13 Å². The summed E-state index contributed by atoms with van der Waals surface area (Å²) >= 11 is 4.97. The standard InChI is InChI=1S/C15H19N3OS/c1-10(2)18-7-6-17(15(18)19)9-13-5-4-12(14(16)20)8-11(13)3/h4-8,10H,9H2,1-3H3,(H2,16,20). The quantitative estimate of drug-likeness (QED) is 0.878. The van der Waals surface area contributed by atoms with Gasteiger partial charge in [0, 0.05) is 24.0 Å². The minimum Gasteiger partial charge on any atom is -0.389 e. The lowest BCUT2D eigenvalue weighted by Crippen LogP contribution is -2.25. The lowest BCUT2D eigenvalue weighted by atomic mass is 10.1. The maximum atomic E-state index is 12.2.